The van der Waals surface area contributed by atoms with Gasteiger partial charge in [0.1, 0.15) is 6.61 Å². The van der Waals surface area contributed by atoms with E-state index in [1.807, 2.05) is 0 Å². The minimum Gasteiger partial charge on any atom is -0.462 e. The van der Waals surface area contributed by atoms with Crippen LogP contribution in [0.3, 0.4) is 0 Å². The minimum atomic E-state index is -4.38. The number of unbranched alkanes of at least 4 members (excludes halogenated alkanes) is 25. The molecule has 0 aromatic carbocycles. The molecule has 0 aliphatic carbocycles. The van der Waals surface area contributed by atoms with Crippen molar-refractivity contribution < 1.29 is 37.6 Å². The normalized spacial score (nSPS) is 13.6. The third-order valence-electron chi connectivity index (χ3n) is 10.5. The lowest BCUT2D eigenvalue weighted by atomic mass is 10.0. The minimum absolute atomic E-state index is 0.0526. The Hall–Kier alpha value is -2.03. The van der Waals surface area contributed by atoms with Crippen molar-refractivity contribution in [2.45, 2.75) is 232 Å². The van der Waals surface area contributed by atoms with Crippen LogP contribution in [0, 0.1) is 0 Å². The Labute approximate surface area is 368 Å². The SMILES string of the molecule is CC/C=C\C/C=C\C/C=C\C/C=C\CCCCCCCCCCCCC(=O)OC(COC(=O)CCCCCCCCCCCCCCCCCC)COP(=O)(O)OCCN. The van der Waals surface area contributed by atoms with E-state index >= 15 is 0 Å². The van der Waals surface area contributed by atoms with Crippen LogP contribution in [0.1, 0.15) is 226 Å². The van der Waals surface area contributed by atoms with Crippen molar-refractivity contribution in [3.05, 3.63) is 48.6 Å². The predicted octanol–water partition coefficient (Wildman–Crippen LogP) is 14.7. The van der Waals surface area contributed by atoms with Crippen LogP contribution in [0.15, 0.2) is 48.6 Å². The lowest BCUT2D eigenvalue weighted by Crippen LogP contribution is -2.29. The Morgan fingerprint density at radius 1 is 0.517 bits per heavy atom. The molecule has 3 N–H and O–H groups in total. The van der Waals surface area contributed by atoms with Crippen molar-refractivity contribution in [2.24, 2.45) is 5.73 Å². The van der Waals surface area contributed by atoms with E-state index < -0.39 is 26.5 Å². The van der Waals surface area contributed by atoms with Gasteiger partial charge in [0.15, 0.2) is 6.10 Å². The fraction of sp³-hybridized carbons (Fsp3) is 0.800. The molecule has 0 fully saturated rings. The molecule has 60 heavy (non-hydrogen) atoms. The summed E-state index contributed by atoms with van der Waals surface area (Å²) in [6.07, 6.45) is 54.3. The van der Waals surface area contributed by atoms with Gasteiger partial charge in [-0.15, -0.1) is 0 Å². The molecular weight excluding hydrogens is 774 g/mol. The molecule has 350 valence electrons. The highest BCUT2D eigenvalue weighted by molar-refractivity contribution is 7.47. The first-order valence-corrected chi connectivity index (χ1v) is 26.1. The number of rotatable bonds is 46. The Morgan fingerprint density at radius 3 is 1.37 bits per heavy atom. The van der Waals surface area contributed by atoms with Gasteiger partial charge in [-0.05, 0) is 51.4 Å². The van der Waals surface area contributed by atoms with Crippen molar-refractivity contribution in [2.75, 3.05) is 26.4 Å². The topological polar surface area (TPSA) is 134 Å². The number of nitrogens with two attached hydrogens (primary N) is 1. The van der Waals surface area contributed by atoms with Crippen LogP contribution >= 0.6 is 7.82 Å². The number of ether oxygens (including phenoxy) is 2. The van der Waals surface area contributed by atoms with E-state index in [9.17, 15) is 19.0 Å². The van der Waals surface area contributed by atoms with Crippen LogP contribution in [0.25, 0.3) is 0 Å². The van der Waals surface area contributed by atoms with Gasteiger partial charge in [0.05, 0.1) is 13.2 Å². The zero-order chi connectivity index (χ0) is 43.9. The first-order valence-electron chi connectivity index (χ1n) is 24.6. The summed E-state index contributed by atoms with van der Waals surface area (Å²) in [4.78, 5) is 35.0. The van der Waals surface area contributed by atoms with Crippen LogP contribution in [0.5, 0.6) is 0 Å². The number of phosphoric ester groups is 1. The summed E-state index contributed by atoms with van der Waals surface area (Å²) in [7, 11) is -4.38. The van der Waals surface area contributed by atoms with E-state index in [2.05, 4.69) is 62.5 Å². The van der Waals surface area contributed by atoms with Gasteiger partial charge in [-0.2, -0.15) is 0 Å². The highest BCUT2D eigenvalue weighted by Gasteiger charge is 2.26. The second-order valence-electron chi connectivity index (χ2n) is 16.3. The molecule has 2 atom stereocenters. The van der Waals surface area contributed by atoms with E-state index in [4.69, 9.17) is 24.3 Å². The molecule has 0 aromatic heterocycles. The summed E-state index contributed by atoms with van der Waals surface area (Å²) in [5, 5.41) is 0. The fourth-order valence-electron chi connectivity index (χ4n) is 6.86. The zero-order valence-corrected chi connectivity index (χ0v) is 39.6. The van der Waals surface area contributed by atoms with Gasteiger partial charge in [0.25, 0.3) is 0 Å². The van der Waals surface area contributed by atoms with Crippen molar-refractivity contribution in [3.8, 4) is 0 Å². The number of hydrogen-bond acceptors (Lipinski definition) is 8. The average molecular weight is 866 g/mol. The van der Waals surface area contributed by atoms with Gasteiger partial charge < -0.3 is 20.1 Å². The molecule has 9 nitrogen and oxygen atoms in total. The van der Waals surface area contributed by atoms with Crippen LogP contribution < -0.4 is 5.73 Å². The predicted molar refractivity (Wildman–Crippen MR) is 252 cm³/mol. The first-order chi connectivity index (χ1) is 29.3. The van der Waals surface area contributed by atoms with E-state index in [1.165, 1.54) is 122 Å². The standard InChI is InChI=1S/C50H92NO8P/c1-3-5-7-9-11-13-15-17-19-21-22-23-24-25-26-27-29-31-33-35-37-39-41-43-50(53)59-48(47-58-60(54,55)57-45-44-51)46-56-49(52)42-40-38-36-34-32-30-28-20-18-16-14-12-10-8-6-4-2/h5,7,11,13,17,19,22-23,48H,3-4,6,8-10,12,14-16,18,20-21,24-47,51H2,1-2H3,(H,54,55)/b7-5-,13-11-,19-17-,23-22-. The number of carbonyl (C=O) groups is 2. The van der Waals surface area contributed by atoms with Crippen molar-refractivity contribution in [1.29, 1.82) is 0 Å². The number of allylic oxidation sites excluding steroid dienone is 8. The van der Waals surface area contributed by atoms with Gasteiger partial charge >= 0.3 is 19.8 Å². The van der Waals surface area contributed by atoms with Crippen LogP contribution in [0.2, 0.25) is 0 Å². The van der Waals surface area contributed by atoms with Gasteiger partial charge in [0.2, 0.25) is 0 Å². The molecule has 0 amide bonds. The van der Waals surface area contributed by atoms with Gasteiger partial charge in [-0.3, -0.25) is 18.6 Å². The Kier molecular flexibility index (Phi) is 44.9. The average Bonchev–Trinajstić information content (AvgIpc) is 3.24. The summed E-state index contributed by atoms with van der Waals surface area (Å²) in [6, 6.07) is 0. The summed E-state index contributed by atoms with van der Waals surface area (Å²) in [5.74, 6) is -0.826. The van der Waals surface area contributed by atoms with Gasteiger partial charge in [-0.1, -0.05) is 210 Å². The molecule has 0 saturated carbocycles. The van der Waals surface area contributed by atoms with E-state index in [-0.39, 0.29) is 38.6 Å². The molecule has 0 saturated heterocycles. The van der Waals surface area contributed by atoms with E-state index in [1.54, 1.807) is 0 Å². The smallest absolute Gasteiger partial charge is 0.462 e. The second kappa shape index (κ2) is 46.5. The lowest BCUT2D eigenvalue weighted by Gasteiger charge is -2.19. The third-order valence-corrected chi connectivity index (χ3v) is 11.5. The summed E-state index contributed by atoms with van der Waals surface area (Å²) in [6.45, 7) is 3.64. The van der Waals surface area contributed by atoms with Gasteiger partial charge in [-0.25, -0.2) is 4.57 Å². The molecule has 0 aliphatic rings. The second-order valence-corrected chi connectivity index (χ2v) is 17.8. The zero-order valence-electron chi connectivity index (χ0n) is 38.7. The van der Waals surface area contributed by atoms with Crippen molar-refractivity contribution in [1.82, 2.24) is 0 Å². The monoisotopic (exact) mass is 866 g/mol. The van der Waals surface area contributed by atoms with Crippen molar-refractivity contribution >= 4 is 19.8 Å². The molecule has 0 radical (unpaired) electrons. The maximum absolute atomic E-state index is 12.6. The molecule has 0 spiro atoms. The largest absolute Gasteiger partial charge is 0.472 e. The maximum atomic E-state index is 12.6. The van der Waals surface area contributed by atoms with Gasteiger partial charge in [0, 0.05) is 19.4 Å². The molecule has 0 rings (SSSR count). The summed E-state index contributed by atoms with van der Waals surface area (Å²) in [5.41, 5.74) is 5.36. The molecule has 2 unspecified atom stereocenters. The number of carbonyl (C=O) groups excluding carboxylic acids is 2. The lowest BCUT2D eigenvalue weighted by molar-refractivity contribution is -0.161. The third kappa shape index (κ3) is 45.5. The number of esters is 2. The number of phosphoric acid groups is 1. The molecule has 0 aliphatic heterocycles. The van der Waals surface area contributed by atoms with E-state index in [0.29, 0.717) is 6.42 Å². The van der Waals surface area contributed by atoms with Crippen molar-refractivity contribution in [3.63, 3.8) is 0 Å². The maximum Gasteiger partial charge on any atom is 0.472 e. The molecule has 0 aromatic rings. The molecular formula is C50H92NO8P. The quantitative estimate of drug-likeness (QED) is 0.0265. The molecule has 0 heterocycles. The molecule has 0 bridgehead atoms. The summed E-state index contributed by atoms with van der Waals surface area (Å²) >= 11 is 0. The highest BCUT2D eigenvalue weighted by atomic mass is 31.2. The Morgan fingerprint density at radius 2 is 0.917 bits per heavy atom. The highest BCUT2D eigenvalue weighted by Crippen LogP contribution is 2.43. The Bertz CT molecular complexity index is 1120. The Balaban J connectivity index is 4.06. The fourth-order valence-corrected chi connectivity index (χ4v) is 7.63. The molecule has 10 heteroatoms. The van der Waals surface area contributed by atoms with Crippen LogP contribution in [-0.4, -0.2) is 49.3 Å². The number of hydrogen-bond donors (Lipinski definition) is 2. The van der Waals surface area contributed by atoms with Crippen LogP contribution in [-0.2, 0) is 32.7 Å². The first kappa shape index (κ1) is 58.0. The van der Waals surface area contributed by atoms with Crippen LogP contribution in [0.4, 0.5) is 0 Å². The summed E-state index contributed by atoms with van der Waals surface area (Å²) < 4.78 is 32.9. The van der Waals surface area contributed by atoms with E-state index in [0.717, 1.165) is 70.6 Å².